The summed E-state index contributed by atoms with van der Waals surface area (Å²) in [5.74, 6) is 1.71. The second-order valence-electron chi connectivity index (χ2n) is 4.77. The molecule has 0 radical (unpaired) electrons. The zero-order valence-corrected chi connectivity index (χ0v) is 12.9. The molecule has 0 unspecified atom stereocenters. The lowest BCUT2D eigenvalue weighted by Crippen LogP contribution is -2.20. The van der Waals surface area contributed by atoms with E-state index in [4.69, 9.17) is 16.3 Å². The molecule has 0 aliphatic carbocycles. The van der Waals surface area contributed by atoms with Crippen LogP contribution in [0.1, 0.15) is 16.7 Å². The van der Waals surface area contributed by atoms with E-state index in [1.54, 1.807) is 7.11 Å². The maximum atomic E-state index is 5.98. The van der Waals surface area contributed by atoms with Crippen LogP contribution in [0, 0.1) is 13.8 Å². The van der Waals surface area contributed by atoms with Crippen LogP contribution >= 0.6 is 11.6 Å². The van der Waals surface area contributed by atoms with Crippen molar-refractivity contribution in [3.8, 4) is 5.75 Å². The molecular weight excluding hydrogens is 274 g/mol. The molecule has 0 fully saturated rings. The smallest absolute Gasteiger partial charge is 0.155 e. The molecule has 1 aromatic heterocycles. The zero-order valence-electron chi connectivity index (χ0n) is 12.1. The predicted molar refractivity (Wildman–Crippen MR) is 81.6 cm³/mol. The van der Waals surface area contributed by atoms with Crippen LogP contribution in [0.3, 0.4) is 0 Å². The summed E-state index contributed by atoms with van der Waals surface area (Å²) in [7, 11) is 3.66. The summed E-state index contributed by atoms with van der Waals surface area (Å²) in [6.07, 6.45) is 0. The molecule has 2 rings (SSSR count). The molecule has 0 aliphatic rings. The van der Waals surface area contributed by atoms with E-state index in [2.05, 4.69) is 15.1 Å². The molecule has 0 atom stereocenters. The van der Waals surface area contributed by atoms with Gasteiger partial charge in [0, 0.05) is 13.6 Å². The molecular formula is C15H18ClN3O. The molecule has 2 aromatic rings. The molecule has 0 saturated heterocycles. The van der Waals surface area contributed by atoms with Crippen LogP contribution in [0.15, 0.2) is 24.3 Å². The molecule has 1 aromatic carbocycles. The summed E-state index contributed by atoms with van der Waals surface area (Å²) < 4.78 is 5.16. The van der Waals surface area contributed by atoms with Gasteiger partial charge >= 0.3 is 0 Å². The third kappa shape index (κ3) is 3.02. The first-order chi connectivity index (χ1) is 9.52. The molecule has 106 valence electrons. The number of hydrogen-bond acceptors (Lipinski definition) is 4. The van der Waals surface area contributed by atoms with E-state index in [1.165, 1.54) is 5.56 Å². The van der Waals surface area contributed by atoms with Gasteiger partial charge in [0.25, 0.3) is 0 Å². The van der Waals surface area contributed by atoms with Crippen LogP contribution < -0.4 is 9.64 Å². The van der Waals surface area contributed by atoms with Gasteiger partial charge in [0.15, 0.2) is 11.0 Å². The lowest BCUT2D eigenvalue weighted by Gasteiger charge is -2.20. The van der Waals surface area contributed by atoms with E-state index < -0.39 is 0 Å². The highest BCUT2D eigenvalue weighted by molar-refractivity contribution is 6.30. The van der Waals surface area contributed by atoms with Gasteiger partial charge in [0.05, 0.1) is 7.11 Å². The van der Waals surface area contributed by atoms with Crippen LogP contribution in [-0.2, 0) is 6.54 Å². The SMILES string of the molecule is COc1ccc(CN(C)c2nnc(Cl)c(C)c2C)cc1. The third-order valence-corrected chi connectivity index (χ3v) is 3.74. The Morgan fingerprint density at radius 2 is 1.75 bits per heavy atom. The molecule has 5 heteroatoms. The van der Waals surface area contributed by atoms with Gasteiger partial charge in [-0.25, -0.2) is 0 Å². The number of benzene rings is 1. The predicted octanol–water partition coefficient (Wildman–Crippen LogP) is 3.39. The van der Waals surface area contributed by atoms with E-state index in [9.17, 15) is 0 Å². The van der Waals surface area contributed by atoms with E-state index >= 15 is 0 Å². The number of methoxy groups -OCH3 is 1. The summed E-state index contributed by atoms with van der Waals surface area (Å²) in [5.41, 5.74) is 3.21. The maximum absolute atomic E-state index is 5.98. The summed E-state index contributed by atoms with van der Waals surface area (Å²) in [4.78, 5) is 2.06. The van der Waals surface area contributed by atoms with Crippen molar-refractivity contribution in [1.29, 1.82) is 0 Å². The second kappa shape index (κ2) is 6.09. The van der Waals surface area contributed by atoms with E-state index in [0.717, 1.165) is 29.2 Å². The number of rotatable bonds is 4. The van der Waals surface area contributed by atoms with E-state index in [1.807, 2.05) is 45.2 Å². The van der Waals surface area contributed by atoms with Crippen molar-refractivity contribution in [2.24, 2.45) is 0 Å². The highest BCUT2D eigenvalue weighted by atomic mass is 35.5. The zero-order chi connectivity index (χ0) is 14.7. The summed E-state index contributed by atoms with van der Waals surface area (Å²) in [5, 5.41) is 8.63. The van der Waals surface area contributed by atoms with Crippen LogP contribution in [0.4, 0.5) is 5.82 Å². The van der Waals surface area contributed by atoms with Gasteiger partial charge in [-0.3, -0.25) is 0 Å². The number of ether oxygens (including phenoxy) is 1. The van der Waals surface area contributed by atoms with Gasteiger partial charge in [0.1, 0.15) is 5.75 Å². The van der Waals surface area contributed by atoms with E-state index in [-0.39, 0.29) is 0 Å². The Bertz CT molecular complexity index is 599. The molecule has 20 heavy (non-hydrogen) atoms. The minimum atomic E-state index is 0.462. The topological polar surface area (TPSA) is 38.2 Å². The van der Waals surface area contributed by atoms with Crippen molar-refractivity contribution in [3.05, 3.63) is 46.1 Å². The van der Waals surface area contributed by atoms with Gasteiger partial charge in [0.2, 0.25) is 0 Å². The number of halogens is 1. The number of nitrogens with zero attached hydrogens (tertiary/aromatic N) is 3. The first-order valence-corrected chi connectivity index (χ1v) is 6.74. The quantitative estimate of drug-likeness (QED) is 0.865. The highest BCUT2D eigenvalue weighted by Gasteiger charge is 2.12. The molecule has 0 spiro atoms. The van der Waals surface area contributed by atoms with Crippen LogP contribution in [-0.4, -0.2) is 24.4 Å². The molecule has 0 bridgehead atoms. The first-order valence-electron chi connectivity index (χ1n) is 6.36. The molecule has 0 aliphatic heterocycles. The Morgan fingerprint density at radius 1 is 1.10 bits per heavy atom. The van der Waals surface area contributed by atoms with Crippen LogP contribution in [0.5, 0.6) is 5.75 Å². The first kappa shape index (κ1) is 14.6. The van der Waals surface area contributed by atoms with E-state index in [0.29, 0.717) is 5.15 Å². The summed E-state index contributed by atoms with van der Waals surface area (Å²) in [6.45, 7) is 4.72. The Hall–Kier alpha value is -1.81. The van der Waals surface area contributed by atoms with Crippen molar-refractivity contribution in [2.75, 3.05) is 19.1 Å². The van der Waals surface area contributed by atoms with Gasteiger partial charge in [-0.05, 0) is 42.7 Å². The van der Waals surface area contributed by atoms with Gasteiger partial charge in [-0.2, -0.15) is 0 Å². The normalized spacial score (nSPS) is 10.4. The molecule has 0 saturated carbocycles. The minimum Gasteiger partial charge on any atom is -0.497 e. The Kier molecular flexibility index (Phi) is 4.45. The lowest BCUT2D eigenvalue weighted by molar-refractivity contribution is 0.414. The number of hydrogen-bond donors (Lipinski definition) is 0. The fourth-order valence-corrected chi connectivity index (χ4v) is 2.19. The van der Waals surface area contributed by atoms with Crippen LogP contribution in [0.2, 0.25) is 5.15 Å². The van der Waals surface area contributed by atoms with Gasteiger partial charge in [-0.15, -0.1) is 10.2 Å². The lowest BCUT2D eigenvalue weighted by atomic mass is 10.1. The van der Waals surface area contributed by atoms with Crippen LogP contribution in [0.25, 0.3) is 0 Å². The third-order valence-electron chi connectivity index (χ3n) is 3.38. The fraction of sp³-hybridized carbons (Fsp3) is 0.333. The fourth-order valence-electron chi connectivity index (χ4n) is 2.01. The van der Waals surface area contributed by atoms with Crippen molar-refractivity contribution in [3.63, 3.8) is 0 Å². The van der Waals surface area contributed by atoms with Crippen molar-refractivity contribution < 1.29 is 4.74 Å². The monoisotopic (exact) mass is 291 g/mol. The van der Waals surface area contributed by atoms with Gasteiger partial charge in [-0.1, -0.05) is 23.7 Å². The van der Waals surface area contributed by atoms with Crippen molar-refractivity contribution in [1.82, 2.24) is 10.2 Å². The van der Waals surface area contributed by atoms with Crippen molar-refractivity contribution in [2.45, 2.75) is 20.4 Å². The summed E-state index contributed by atoms with van der Waals surface area (Å²) in [6, 6.07) is 7.99. The molecule has 0 amide bonds. The highest BCUT2D eigenvalue weighted by Crippen LogP contribution is 2.24. The van der Waals surface area contributed by atoms with Crippen molar-refractivity contribution >= 4 is 17.4 Å². The minimum absolute atomic E-state index is 0.462. The molecule has 0 N–H and O–H groups in total. The maximum Gasteiger partial charge on any atom is 0.155 e. The molecule has 4 nitrogen and oxygen atoms in total. The van der Waals surface area contributed by atoms with Gasteiger partial charge < -0.3 is 9.64 Å². The summed E-state index contributed by atoms with van der Waals surface area (Å²) >= 11 is 5.98. The average Bonchev–Trinajstić information content (AvgIpc) is 2.45. The Labute approximate surface area is 124 Å². The second-order valence-corrected chi connectivity index (χ2v) is 5.13. The largest absolute Gasteiger partial charge is 0.497 e. The Morgan fingerprint density at radius 3 is 2.35 bits per heavy atom. The standard InChI is InChI=1S/C15H18ClN3O/c1-10-11(2)15(18-17-14(10)16)19(3)9-12-5-7-13(20-4)8-6-12/h5-8H,9H2,1-4H3. The number of anilines is 1. The number of aromatic nitrogens is 2. The molecule has 1 heterocycles. The Balaban J connectivity index is 2.19. The average molecular weight is 292 g/mol.